The Bertz CT molecular complexity index is 483. The zero-order chi connectivity index (χ0) is 10.8. The number of hydrogen-bond acceptors (Lipinski definition) is 4. The summed E-state index contributed by atoms with van der Waals surface area (Å²) in [7, 11) is 0. The Morgan fingerprint density at radius 3 is 2.53 bits per heavy atom. The summed E-state index contributed by atoms with van der Waals surface area (Å²) in [6.07, 6.45) is 0. The molecule has 0 aliphatic heterocycles. The molecule has 0 saturated carbocycles. The van der Waals surface area contributed by atoms with E-state index in [9.17, 15) is 4.39 Å². The van der Waals surface area contributed by atoms with Crippen LogP contribution in [0.5, 0.6) is 0 Å². The monoisotopic (exact) mass is 224 g/mol. The minimum Gasteiger partial charge on any atom is -0.368 e. The maximum atomic E-state index is 13.4. The maximum absolute atomic E-state index is 13.4. The highest BCUT2D eigenvalue weighted by molar-refractivity contribution is 6.28. The Hall–Kier alpha value is -1.75. The van der Waals surface area contributed by atoms with Crippen molar-refractivity contribution in [2.24, 2.45) is 0 Å². The quantitative estimate of drug-likeness (QED) is 0.804. The molecule has 0 fully saturated rings. The molecule has 0 aliphatic rings. The van der Waals surface area contributed by atoms with Crippen LogP contribution in [0.15, 0.2) is 24.3 Å². The molecule has 0 amide bonds. The first-order valence-electron chi connectivity index (χ1n) is 4.09. The van der Waals surface area contributed by atoms with Crippen LogP contribution in [0.25, 0.3) is 11.4 Å². The lowest BCUT2D eigenvalue weighted by atomic mass is 10.2. The molecule has 0 bridgehead atoms. The molecule has 2 rings (SSSR count). The van der Waals surface area contributed by atoms with Crippen LogP contribution < -0.4 is 5.73 Å². The number of nitrogen functional groups attached to an aromatic ring is 1. The van der Waals surface area contributed by atoms with Gasteiger partial charge < -0.3 is 5.73 Å². The molecule has 1 heterocycles. The van der Waals surface area contributed by atoms with Gasteiger partial charge in [-0.1, -0.05) is 12.1 Å². The molecule has 15 heavy (non-hydrogen) atoms. The van der Waals surface area contributed by atoms with E-state index in [1.807, 2.05) is 0 Å². The molecule has 0 radical (unpaired) electrons. The fraction of sp³-hybridized carbons (Fsp3) is 0. The summed E-state index contributed by atoms with van der Waals surface area (Å²) < 4.78 is 13.4. The number of nitrogens with zero attached hydrogens (tertiary/aromatic N) is 3. The second kappa shape index (κ2) is 3.78. The molecular formula is C9H6ClFN4. The van der Waals surface area contributed by atoms with Gasteiger partial charge in [-0.05, 0) is 23.7 Å². The highest BCUT2D eigenvalue weighted by Crippen LogP contribution is 2.19. The standard InChI is InChI=1S/C9H6ClFN4/c10-8-13-7(14-9(12)15-8)5-3-1-2-4-6(5)11/h1-4H,(H2,12,13,14,15). The largest absolute Gasteiger partial charge is 0.368 e. The third-order valence-corrected chi connectivity index (χ3v) is 1.91. The van der Waals surface area contributed by atoms with Crippen LogP contribution in [-0.4, -0.2) is 15.0 Å². The minimum absolute atomic E-state index is 0.0340. The topological polar surface area (TPSA) is 64.7 Å². The summed E-state index contributed by atoms with van der Waals surface area (Å²) >= 11 is 5.59. The third-order valence-electron chi connectivity index (χ3n) is 1.74. The number of hydrogen-bond donors (Lipinski definition) is 1. The number of rotatable bonds is 1. The Kier molecular flexibility index (Phi) is 2.47. The average Bonchev–Trinajstić information content (AvgIpc) is 2.16. The summed E-state index contributed by atoms with van der Waals surface area (Å²) in [5.74, 6) is -0.335. The summed E-state index contributed by atoms with van der Waals surface area (Å²) in [4.78, 5) is 11.2. The molecule has 1 aromatic carbocycles. The van der Waals surface area contributed by atoms with Gasteiger partial charge in [0.05, 0.1) is 5.56 Å². The van der Waals surface area contributed by atoms with Crippen LogP contribution in [0.3, 0.4) is 0 Å². The van der Waals surface area contributed by atoms with Gasteiger partial charge in [0, 0.05) is 0 Å². The van der Waals surface area contributed by atoms with Gasteiger partial charge >= 0.3 is 0 Å². The Balaban J connectivity index is 2.59. The van der Waals surface area contributed by atoms with Crippen molar-refractivity contribution in [2.75, 3.05) is 5.73 Å². The minimum atomic E-state index is -0.431. The molecule has 76 valence electrons. The Morgan fingerprint density at radius 2 is 1.87 bits per heavy atom. The Morgan fingerprint density at radius 1 is 1.13 bits per heavy atom. The predicted molar refractivity (Wildman–Crippen MR) is 54.6 cm³/mol. The van der Waals surface area contributed by atoms with Gasteiger partial charge in [-0.15, -0.1) is 0 Å². The zero-order valence-corrected chi connectivity index (χ0v) is 8.24. The van der Waals surface area contributed by atoms with E-state index in [1.54, 1.807) is 18.2 Å². The van der Waals surface area contributed by atoms with E-state index in [0.29, 0.717) is 0 Å². The second-order valence-electron chi connectivity index (χ2n) is 2.77. The van der Waals surface area contributed by atoms with Gasteiger partial charge in [0.15, 0.2) is 5.82 Å². The van der Waals surface area contributed by atoms with Crippen molar-refractivity contribution in [3.8, 4) is 11.4 Å². The van der Waals surface area contributed by atoms with E-state index in [0.717, 1.165) is 0 Å². The lowest BCUT2D eigenvalue weighted by molar-refractivity contribution is 0.630. The van der Waals surface area contributed by atoms with E-state index in [-0.39, 0.29) is 22.6 Å². The smallest absolute Gasteiger partial charge is 0.227 e. The van der Waals surface area contributed by atoms with Crippen LogP contribution in [0, 0.1) is 5.82 Å². The summed E-state index contributed by atoms with van der Waals surface area (Å²) in [6, 6.07) is 6.10. The molecule has 0 aliphatic carbocycles. The van der Waals surface area contributed by atoms with Gasteiger partial charge in [-0.2, -0.15) is 15.0 Å². The molecule has 1 aromatic heterocycles. The van der Waals surface area contributed by atoms with Gasteiger partial charge in [0.25, 0.3) is 0 Å². The third kappa shape index (κ3) is 2.02. The molecule has 2 aromatic rings. The highest BCUT2D eigenvalue weighted by atomic mass is 35.5. The normalized spacial score (nSPS) is 10.3. The predicted octanol–water partition coefficient (Wildman–Crippen LogP) is 1.91. The SMILES string of the molecule is Nc1nc(Cl)nc(-c2ccccc2F)n1. The second-order valence-corrected chi connectivity index (χ2v) is 3.10. The van der Waals surface area contributed by atoms with Crippen molar-refractivity contribution in [3.63, 3.8) is 0 Å². The molecule has 0 spiro atoms. The van der Waals surface area contributed by atoms with Crippen molar-refractivity contribution < 1.29 is 4.39 Å². The summed E-state index contributed by atoms with van der Waals surface area (Å²) in [5, 5.41) is -0.0549. The van der Waals surface area contributed by atoms with E-state index < -0.39 is 5.82 Å². The van der Waals surface area contributed by atoms with Crippen molar-refractivity contribution in [3.05, 3.63) is 35.4 Å². The van der Waals surface area contributed by atoms with Crippen molar-refractivity contribution in [1.29, 1.82) is 0 Å². The van der Waals surface area contributed by atoms with Crippen molar-refractivity contribution in [1.82, 2.24) is 15.0 Å². The first-order chi connectivity index (χ1) is 7.16. The average molecular weight is 225 g/mol. The Labute approximate surface area is 90.0 Å². The molecule has 2 N–H and O–H groups in total. The van der Waals surface area contributed by atoms with Gasteiger partial charge in [-0.25, -0.2) is 4.39 Å². The van der Waals surface area contributed by atoms with Crippen LogP contribution in [-0.2, 0) is 0 Å². The summed E-state index contributed by atoms with van der Waals surface area (Å²) in [6.45, 7) is 0. The molecule has 6 heteroatoms. The van der Waals surface area contributed by atoms with Crippen molar-refractivity contribution in [2.45, 2.75) is 0 Å². The van der Waals surface area contributed by atoms with Gasteiger partial charge in [-0.3, -0.25) is 0 Å². The fourth-order valence-corrected chi connectivity index (χ4v) is 1.30. The number of nitrogens with two attached hydrogens (primary N) is 1. The highest BCUT2D eigenvalue weighted by Gasteiger charge is 2.09. The van der Waals surface area contributed by atoms with Gasteiger partial charge in [0.1, 0.15) is 5.82 Å². The van der Waals surface area contributed by atoms with Crippen LogP contribution in [0.1, 0.15) is 0 Å². The number of anilines is 1. The van der Waals surface area contributed by atoms with E-state index >= 15 is 0 Å². The number of halogens is 2. The molecule has 0 atom stereocenters. The lowest BCUT2D eigenvalue weighted by Gasteiger charge is -2.01. The van der Waals surface area contributed by atoms with Crippen LogP contribution in [0.2, 0.25) is 5.28 Å². The van der Waals surface area contributed by atoms with Crippen LogP contribution in [0.4, 0.5) is 10.3 Å². The molecule has 4 nitrogen and oxygen atoms in total. The van der Waals surface area contributed by atoms with E-state index in [1.165, 1.54) is 6.07 Å². The number of aromatic nitrogens is 3. The molecule has 0 unspecified atom stereocenters. The maximum Gasteiger partial charge on any atom is 0.227 e. The first-order valence-corrected chi connectivity index (χ1v) is 4.46. The van der Waals surface area contributed by atoms with Crippen molar-refractivity contribution >= 4 is 17.5 Å². The van der Waals surface area contributed by atoms with Gasteiger partial charge in [0.2, 0.25) is 11.2 Å². The van der Waals surface area contributed by atoms with E-state index in [2.05, 4.69) is 15.0 Å². The van der Waals surface area contributed by atoms with E-state index in [4.69, 9.17) is 17.3 Å². The molecular weight excluding hydrogens is 219 g/mol. The number of benzene rings is 1. The van der Waals surface area contributed by atoms with Crippen LogP contribution >= 0.6 is 11.6 Å². The summed E-state index contributed by atoms with van der Waals surface area (Å²) in [5.41, 5.74) is 5.62. The zero-order valence-electron chi connectivity index (χ0n) is 7.48. The fourth-order valence-electron chi connectivity index (χ4n) is 1.13. The lowest BCUT2D eigenvalue weighted by Crippen LogP contribution is -2.00. The first kappa shape index (κ1) is 9.79. The molecule has 0 saturated heterocycles.